The van der Waals surface area contributed by atoms with E-state index >= 15 is 0 Å². The number of amides is 1. The summed E-state index contributed by atoms with van der Waals surface area (Å²) in [6.07, 6.45) is -0.000143. The number of carbonyl (C=O) groups is 1. The number of aliphatic hydroxyl groups excluding tert-OH is 1. The Morgan fingerprint density at radius 2 is 1.69 bits per heavy atom. The van der Waals surface area contributed by atoms with Crippen molar-refractivity contribution in [2.45, 2.75) is 31.9 Å². The number of aromatic amines is 2. The second-order valence-corrected chi connectivity index (χ2v) is 9.30. The Bertz CT molecular complexity index is 1370. The molecule has 1 unspecified atom stereocenters. The topological polar surface area (TPSA) is 142 Å². The van der Waals surface area contributed by atoms with Crippen molar-refractivity contribution < 1.29 is 19.4 Å². The zero-order valence-electron chi connectivity index (χ0n) is 20.2. The first-order chi connectivity index (χ1) is 17.2. The number of H-pyrrole nitrogens is 2. The molecule has 4 rings (SSSR count). The lowest BCUT2D eigenvalue weighted by molar-refractivity contribution is 0.0994. The fourth-order valence-corrected chi connectivity index (χ4v) is 3.86. The van der Waals surface area contributed by atoms with E-state index in [0.29, 0.717) is 40.4 Å². The van der Waals surface area contributed by atoms with Gasteiger partial charge in [0.1, 0.15) is 35.5 Å². The molecule has 36 heavy (non-hydrogen) atoms. The van der Waals surface area contributed by atoms with Crippen molar-refractivity contribution in [1.29, 1.82) is 0 Å². The molecule has 4 aromatic rings. The Morgan fingerprint density at radius 3 is 2.36 bits per heavy atom. The standard InChI is InChI=1S/C27H30N4O5/c1-27(2,29-15-19(32)16-35-23-5-3-4-22-24(23)31-26(34)30-22)14-17-6-10-20(11-7-17)36-21-12-8-18(9-13-21)25(28)33/h3-13,19,29,32H,14-16H2,1-2H3,(H2,28,33)(H2,30,31,34). The number of benzene rings is 3. The van der Waals surface area contributed by atoms with Crippen LogP contribution in [0.3, 0.4) is 0 Å². The molecule has 9 heteroatoms. The molecule has 0 radical (unpaired) electrons. The number of β-amino-alcohol motifs (C(OH)–C–C–N with tert-alkyl or cyclic N) is 1. The molecule has 1 amide bonds. The number of hydrogen-bond donors (Lipinski definition) is 5. The van der Waals surface area contributed by atoms with Crippen molar-refractivity contribution in [2.75, 3.05) is 13.2 Å². The molecule has 0 aliphatic rings. The van der Waals surface area contributed by atoms with E-state index in [1.54, 1.807) is 42.5 Å². The number of hydrogen-bond acceptors (Lipinski definition) is 6. The predicted octanol–water partition coefficient (Wildman–Crippen LogP) is 3.10. The summed E-state index contributed by atoms with van der Waals surface area (Å²) in [5.41, 5.74) is 7.46. The number of primary amides is 1. The Balaban J connectivity index is 1.26. The number of aliphatic hydroxyl groups is 1. The summed E-state index contributed by atoms with van der Waals surface area (Å²) in [5.74, 6) is 1.33. The van der Waals surface area contributed by atoms with Crippen molar-refractivity contribution >= 4 is 16.9 Å². The van der Waals surface area contributed by atoms with E-state index in [9.17, 15) is 14.7 Å². The van der Waals surface area contributed by atoms with Crippen LogP contribution < -0.4 is 26.2 Å². The van der Waals surface area contributed by atoms with Crippen LogP contribution in [0.2, 0.25) is 0 Å². The van der Waals surface area contributed by atoms with Crippen molar-refractivity contribution in [3.8, 4) is 17.2 Å². The van der Waals surface area contributed by atoms with Crippen LogP contribution in [0.25, 0.3) is 11.0 Å². The minimum absolute atomic E-state index is 0.0852. The average molecular weight is 491 g/mol. The summed E-state index contributed by atoms with van der Waals surface area (Å²) >= 11 is 0. The summed E-state index contributed by atoms with van der Waals surface area (Å²) in [6, 6.07) is 19.7. The molecule has 0 saturated heterocycles. The normalized spacial score (nSPS) is 12.4. The van der Waals surface area contributed by atoms with Gasteiger partial charge < -0.3 is 35.6 Å². The van der Waals surface area contributed by atoms with Crippen LogP contribution in [-0.4, -0.2) is 45.8 Å². The SMILES string of the molecule is CC(C)(Cc1ccc(Oc2ccc(C(N)=O)cc2)cc1)NCC(O)COc1cccc2[nH]c(=O)[nH]c12. The molecule has 1 heterocycles. The molecule has 0 fully saturated rings. The summed E-state index contributed by atoms with van der Waals surface area (Å²) in [5, 5.41) is 13.8. The lowest BCUT2D eigenvalue weighted by Gasteiger charge is -2.28. The van der Waals surface area contributed by atoms with Gasteiger partial charge in [-0.2, -0.15) is 0 Å². The highest BCUT2D eigenvalue weighted by Gasteiger charge is 2.20. The number of imidazole rings is 1. The minimum atomic E-state index is -0.734. The number of nitrogens with one attached hydrogen (secondary N) is 3. The van der Waals surface area contributed by atoms with Crippen LogP contribution in [0.4, 0.5) is 0 Å². The first-order valence-corrected chi connectivity index (χ1v) is 11.6. The quantitative estimate of drug-likeness (QED) is 0.219. The fourth-order valence-electron chi connectivity index (χ4n) is 3.86. The molecular weight excluding hydrogens is 460 g/mol. The fraction of sp³-hybridized carbons (Fsp3) is 0.259. The Labute approximate surface area is 208 Å². The van der Waals surface area contributed by atoms with Gasteiger partial charge in [-0.3, -0.25) is 4.79 Å². The lowest BCUT2D eigenvalue weighted by atomic mass is 9.94. The molecule has 0 aliphatic carbocycles. The third kappa shape index (κ3) is 6.53. The first kappa shape index (κ1) is 25.0. The van der Waals surface area contributed by atoms with E-state index in [4.69, 9.17) is 15.2 Å². The van der Waals surface area contributed by atoms with Crippen LogP contribution in [0.1, 0.15) is 29.8 Å². The van der Waals surface area contributed by atoms with Gasteiger partial charge in [-0.25, -0.2) is 4.79 Å². The largest absolute Gasteiger partial charge is 0.489 e. The highest BCUT2D eigenvalue weighted by atomic mass is 16.5. The van der Waals surface area contributed by atoms with E-state index in [1.165, 1.54) is 0 Å². The van der Waals surface area contributed by atoms with E-state index in [-0.39, 0.29) is 17.8 Å². The maximum absolute atomic E-state index is 11.5. The molecule has 1 aromatic heterocycles. The second-order valence-electron chi connectivity index (χ2n) is 9.30. The number of para-hydroxylation sites is 1. The van der Waals surface area contributed by atoms with Crippen LogP contribution in [0, 0.1) is 0 Å². The number of rotatable bonds is 11. The van der Waals surface area contributed by atoms with Crippen molar-refractivity contribution in [1.82, 2.24) is 15.3 Å². The van der Waals surface area contributed by atoms with E-state index in [0.717, 1.165) is 12.0 Å². The zero-order chi connectivity index (χ0) is 25.7. The monoisotopic (exact) mass is 490 g/mol. The lowest BCUT2D eigenvalue weighted by Crippen LogP contribution is -2.46. The van der Waals surface area contributed by atoms with E-state index in [1.807, 2.05) is 24.3 Å². The minimum Gasteiger partial charge on any atom is -0.489 e. The van der Waals surface area contributed by atoms with Crippen LogP contribution in [0.15, 0.2) is 71.5 Å². The maximum Gasteiger partial charge on any atom is 0.323 e. The predicted molar refractivity (Wildman–Crippen MR) is 138 cm³/mol. The van der Waals surface area contributed by atoms with Crippen molar-refractivity contribution in [3.63, 3.8) is 0 Å². The number of ether oxygens (including phenoxy) is 2. The summed E-state index contributed by atoms with van der Waals surface area (Å²) in [4.78, 5) is 28.1. The molecule has 188 valence electrons. The Kier molecular flexibility index (Phi) is 7.42. The highest BCUT2D eigenvalue weighted by Crippen LogP contribution is 2.24. The van der Waals surface area contributed by atoms with Crippen LogP contribution in [0.5, 0.6) is 17.2 Å². The van der Waals surface area contributed by atoms with Gasteiger partial charge in [0.05, 0.1) is 5.52 Å². The summed E-state index contributed by atoms with van der Waals surface area (Å²) < 4.78 is 11.6. The smallest absolute Gasteiger partial charge is 0.323 e. The second kappa shape index (κ2) is 10.7. The van der Waals surface area contributed by atoms with Crippen LogP contribution in [-0.2, 0) is 6.42 Å². The number of fused-ring (bicyclic) bond motifs is 1. The van der Waals surface area contributed by atoms with Gasteiger partial charge in [-0.15, -0.1) is 0 Å². The molecule has 0 saturated carbocycles. The molecule has 0 spiro atoms. The molecule has 0 aliphatic heterocycles. The van der Waals surface area contributed by atoms with Gasteiger partial charge in [0.2, 0.25) is 5.91 Å². The first-order valence-electron chi connectivity index (χ1n) is 11.6. The molecule has 9 nitrogen and oxygen atoms in total. The van der Waals surface area contributed by atoms with Crippen molar-refractivity contribution in [2.24, 2.45) is 5.73 Å². The molecule has 3 aromatic carbocycles. The maximum atomic E-state index is 11.5. The average Bonchev–Trinajstić information content (AvgIpc) is 3.23. The number of carbonyl (C=O) groups excluding carboxylic acids is 1. The molecular formula is C27H30N4O5. The summed E-state index contributed by atoms with van der Waals surface area (Å²) in [7, 11) is 0. The zero-order valence-corrected chi connectivity index (χ0v) is 20.2. The van der Waals surface area contributed by atoms with Crippen molar-refractivity contribution in [3.05, 3.63) is 88.3 Å². The number of nitrogens with two attached hydrogens (primary N) is 1. The molecule has 1 atom stereocenters. The Hall–Kier alpha value is -4.08. The van der Waals surface area contributed by atoms with Gasteiger partial charge >= 0.3 is 5.69 Å². The highest BCUT2D eigenvalue weighted by molar-refractivity contribution is 5.92. The molecule has 0 bridgehead atoms. The van der Waals surface area contributed by atoms with Gasteiger partial charge in [-0.1, -0.05) is 18.2 Å². The third-order valence-electron chi connectivity index (χ3n) is 5.70. The van der Waals surface area contributed by atoms with Gasteiger partial charge in [-0.05, 0) is 74.4 Å². The van der Waals surface area contributed by atoms with E-state index < -0.39 is 12.0 Å². The summed E-state index contributed by atoms with van der Waals surface area (Å²) in [6.45, 7) is 4.56. The van der Waals surface area contributed by atoms with Gasteiger partial charge in [0, 0.05) is 17.6 Å². The third-order valence-corrected chi connectivity index (χ3v) is 5.70. The number of aromatic nitrogens is 2. The Morgan fingerprint density at radius 1 is 1.03 bits per heavy atom. The van der Waals surface area contributed by atoms with Gasteiger partial charge in [0.15, 0.2) is 0 Å². The molecule has 6 N–H and O–H groups in total. The van der Waals surface area contributed by atoms with E-state index in [2.05, 4.69) is 29.1 Å². The van der Waals surface area contributed by atoms with Gasteiger partial charge in [0.25, 0.3) is 0 Å². The van der Waals surface area contributed by atoms with Crippen LogP contribution >= 0.6 is 0 Å².